The van der Waals surface area contributed by atoms with Gasteiger partial charge in [0.15, 0.2) is 0 Å². The predicted molar refractivity (Wildman–Crippen MR) is 121 cm³/mol. The second kappa shape index (κ2) is 8.97. The Morgan fingerprint density at radius 1 is 1.06 bits per heavy atom. The maximum atomic E-state index is 12.9. The highest BCUT2D eigenvalue weighted by Gasteiger charge is 2.39. The Balaban J connectivity index is 1.47. The summed E-state index contributed by atoms with van der Waals surface area (Å²) in [5.74, 6) is -2.32. The Labute approximate surface area is 195 Å². The second-order valence-corrected chi connectivity index (χ2v) is 8.33. The van der Waals surface area contributed by atoms with Gasteiger partial charge in [-0.2, -0.15) is 0 Å². The summed E-state index contributed by atoms with van der Waals surface area (Å²) >= 11 is 0. The first-order valence-corrected chi connectivity index (χ1v) is 10.8. The number of carboxylic acids is 1. The number of likely N-dealkylation sites (N-methyl/N-ethyl adjacent to an activating group) is 1. The number of aromatic nitrogens is 2. The lowest BCUT2D eigenvalue weighted by Gasteiger charge is -2.33. The fourth-order valence-corrected chi connectivity index (χ4v) is 4.18. The first kappa shape index (κ1) is 23.0. The van der Waals surface area contributed by atoms with Crippen LogP contribution in [-0.2, 0) is 9.53 Å². The zero-order valence-electron chi connectivity index (χ0n) is 18.9. The van der Waals surface area contributed by atoms with Gasteiger partial charge in [-0.1, -0.05) is 48.5 Å². The Kier molecular flexibility index (Phi) is 6.06. The van der Waals surface area contributed by atoms with Crippen molar-refractivity contribution in [2.24, 2.45) is 0 Å². The number of hydrogen-bond donors (Lipinski definition) is 2. The van der Waals surface area contributed by atoms with Crippen LogP contribution < -0.4 is 5.32 Å². The van der Waals surface area contributed by atoms with Gasteiger partial charge in [0.05, 0.1) is 0 Å². The number of aliphatic carboxylic acids is 1. The summed E-state index contributed by atoms with van der Waals surface area (Å²) in [6.45, 7) is 4.58. The number of rotatable bonds is 7. The highest BCUT2D eigenvalue weighted by Crippen LogP contribution is 2.44. The van der Waals surface area contributed by atoms with Crippen LogP contribution in [0.4, 0.5) is 10.6 Å². The smallest absolute Gasteiger partial charge is 0.412 e. The van der Waals surface area contributed by atoms with Crippen molar-refractivity contribution in [3.05, 3.63) is 65.4 Å². The van der Waals surface area contributed by atoms with E-state index in [-0.39, 0.29) is 30.6 Å². The summed E-state index contributed by atoms with van der Waals surface area (Å²) in [7, 11) is 0. The van der Waals surface area contributed by atoms with Crippen molar-refractivity contribution in [3.63, 3.8) is 0 Å². The second-order valence-electron chi connectivity index (χ2n) is 8.33. The number of carbonyl (C=O) groups is 3. The molecule has 0 saturated heterocycles. The molecule has 10 heteroatoms. The van der Waals surface area contributed by atoms with Gasteiger partial charge in [-0.25, -0.2) is 14.2 Å². The van der Waals surface area contributed by atoms with Crippen molar-refractivity contribution in [3.8, 4) is 11.1 Å². The molecule has 2 N–H and O–H groups in total. The molecule has 0 atom stereocenters. The van der Waals surface area contributed by atoms with Crippen molar-refractivity contribution in [1.82, 2.24) is 15.2 Å². The van der Waals surface area contributed by atoms with Gasteiger partial charge in [0.2, 0.25) is 11.5 Å². The largest absolute Gasteiger partial charge is 0.480 e. The minimum atomic E-state index is -1.51. The number of benzene rings is 2. The van der Waals surface area contributed by atoms with Crippen LogP contribution in [0.15, 0.2) is 53.2 Å². The molecule has 1 aliphatic rings. The molecular weight excluding hydrogens is 440 g/mol. The number of ether oxygens (including phenoxy) is 1. The van der Waals surface area contributed by atoms with Crippen LogP contribution in [0.3, 0.4) is 0 Å². The normalized spacial score (nSPS) is 12.6. The lowest BCUT2D eigenvalue weighted by molar-refractivity contribution is -0.147. The van der Waals surface area contributed by atoms with Crippen molar-refractivity contribution < 1.29 is 28.9 Å². The van der Waals surface area contributed by atoms with Gasteiger partial charge in [0.25, 0.3) is 5.91 Å². The molecule has 1 aromatic heterocycles. The average Bonchev–Trinajstić information content (AvgIpc) is 3.40. The minimum absolute atomic E-state index is 0.0710. The molecule has 1 heterocycles. The molecule has 2 aromatic carbocycles. The van der Waals surface area contributed by atoms with E-state index in [0.717, 1.165) is 27.2 Å². The van der Waals surface area contributed by atoms with E-state index >= 15 is 0 Å². The molecule has 34 heavy (non-hydrogen) atoms. The van der Waals surface area contributed by atoms with Crippen molar-refractivity contribution in [1.29, 1.82) is 0 Å². The van der Waals surface area contributed by atoms with Crippen LogP contribution >= 0.6 is 0 Å². The maximum Gasteiger partial charge on any atom is 0.412 e. The van der Waals surface area contributed by atoms with Crippen molar-refractivity contribution in [2.45, 2.75) is 32.2 Å². The quantitative estimate of drug-likeness (QED) is 0.540. The number of anilines is 1. The third-order valence-electron chi connectivity index (χ3n) is 6.01. The summed E-state index contributed by atoms with van der Waals surface area (Å²) in [6.07, 6.45) is -0.841. The summed E-state index contributed by atoms with van der Waals surface area (Å²) in [4.78, 5) is 38.2. The van der Waals surface area contributed by atoms with E-state index in [0.29, 0.717) is 0 Å². The molecule has 0 bridgehead atoms. The standard InChI is InChI=1S/C24H24N4O6/c1-4-28(24(2,3)22(30)31)21(29)19-20(27-34-26-19)25-23(32)33-13-18-16-11-7-5-9-14(16)15-10-6-8-12-17(15)18/h5-12,18H,4,13H2,1-3H3,(H,30,31)(H,25,27,32). The number of amides is 2. The van der Waals surface area contributed by atoms with Crippen molar-refractivity contribution in [2.75, 3.05) is 18.5 Å². The third kappa shape index (κ3) is 3.98. The van der Waals surface area contributed by atoms with Gasteiger partial charge in [-0.3, -0.25) is 10.1 Å². The van der Waals surface area contributed by atoms with E-state index in [1.807, 2.05) is 48.5 Å². The molecule has 0 spiro atoms. The van der Waals surface area contributed by atoms with Crippen LogP contribution in [0.5, 0.6) is 0 Å². The monoisotopic (exact) mass is 464 g/mol. The van der Waals surface area contributed by atoms with Crippen LogP contribution in [0.25, 0.3) is 11.1 Å². The van der Waals surface area contributed by atoms with Gasteiger partial charge in [-0.05, 0) is 53.3 Å². The molecule has 3 aromatic rings. The van der Waals surface area contributed by atoms with Gasteiger partial charge in [0, 0.05) is 12.5 Å². The topological polar surface area (TPSA) is 135 Å². The number of hydrogen-bond acceptors (Lipinski definition) is 7. The number of carboxylic acid groups (broad SMARTS) is 1. The van der Waals surface area contributed by atoms with Crippen LogP contribution in [-0.4, -0.2) is 57.0 Å². The van der Waals surface area contributed by atoms with E-state index < -0.39 is 23.5 Å². The Morgan fingerprint density at radius 3 is 2.21 bits per heavy atom. The summed E-state index contributed by atoms with van der Waals surface area (Å²) in [5, 5.41) is 19.0. The highest BCUT2D eigenvalue weighted by molar-refractivity contribution is 6.01. The Hall–Kier alpha value is -4.21. The number of nitrogens with zero attached hydrogens (tertiary/aromatic N) is 3. The molecule has 4 rings (SSSR count). The van der Waals surface area contributed by atoms with E-state index in [1.165, 1.54) is 13.8 Å². The van der Waals surface area contributed by atoms with Crippen LogP contribution in [0, 0.1) is 0 Å². The first-order chi connectivity index (χ1) is 16.3. The van der Waals surface area contributed by atoms with Crippen LogP contribution in [0.1, 0.15) is 48.3 Å². The zero-order chi connectivity index (χ0) is 24.5. The van der Waals surface area contributed by atoms with Gasteiger partial charge < -0.3 is 14.7 Å². The lowest BCUT2D eigenvalue weighted by Crippen LogP contribution is -2.53. The SMILES string of the molecule is CCN(C(=O)c1nonc1NC(=O)OCC1c2ccccc2-c2ccccc21)C(C)(C)C(=O)O. The number of nitrogens with one attached hydrogen (secondary N) is 1. The predicted octanol–water partition coefficient (Wildman–Crippen LogP) is 3.76. The summed E-state index contributed by atoms with van der Waals surface area (Å²) in [5.41, 5.74) is 2.49. The van der Waals surface area contributed by atoms with E-state index in [2.05, 4.69) is 20.3 Å². The van der Waals surface area contributed by atoms with Gasteiger partial charge in [-0.15, -0.1) is 0 Å². The van der Waals surface area contributed by atoms with Gasteiger partial charge >= 0.3 is 12.1 Å². The Morgan fingerprint density at radius 2 is 1.65 bits per heavy atom. The molecule has 2 amide bonds. The molecular formula is C24H24N4O6. The number of carbonyl (C=O) groups excluding carboxylic acids is 2. The maximum absolute atomic E-state index is 12.9. The molecule has 0 aliphatic heterocycles. The van der Waals surface area contributed by atoms with E-state index in [9.17, 15) is 19.5 Å². The average molecular weight is 464 g/mol. The van der Waals surface area contributed by atoms with Crippen molar-refractivity contribution >= 4 is 23.8 Å². The summed E-state index contributed by atoms with van der Waals surface area (Å²) < 4.78 is 10.1. The van der Waals surface area contributed by atoms with E-state index in [1.54, 1.807) is 6.92 Å². The molecule has 10 nitrogen and oxygen atoms in total. The first-order valence-electron chi connectivity index (χ1n) is 10.8. The molecule has 0 unspecified atom stereocenters. The van der Waals surface area contributed by atoms with E-state index in [4.69, 9.17) is 4.74 Å². The molecule has 0 radical (unpaired) electrons. The fourth-order valence-electron chi connectivity index (χ4n) is 4.18. The fraction of sp³-hybridized carbons (Fsp3) is 0.292. The minimum Gasteiger partial charge on any atom is -0.480 e. The molecule has 0 saturated carbocycles. The van der Waals surface area contributed by atoms with Gasteiger partial charge in [0.1, 0.15) is 12.1 Å². The lowest BCUT2D eigenvalue weighted by atomic mass is 9.98. The molecule has 0 fully saturated rings. The number of fused-ring (bicyclic) bond motifs is 3. The Bertz CT molecular complexity index is 1210. The third-order valence-corrected chi connectivity index (χ3v) is 6.01. The summed E-state index contributed by atoms with van der Waals surface area (Å²) in [6, 6.07) is 15.9. The molecule has 176 valence electrons. The highest BCUT2D eigenvalue weighted by atomic mass is 16.6. The zero-order valence-corrected chi connectivity index (χ0v) is 18.9. The van der Waals surface area contributed by atoms with Crippen LogP contribution in [0.2, 0.25) is 0 Å². The molecule has 1 aliphatic carbocycles.